The number of ether oxygens (including phenoxy) is 6. The first-order valence-corrected chi connectivity index (χ1v) is 21.7. The molecule has 340 valence electrons. The summed E-state index contributed by atoms with van der Waals surface area (Å²) in [4.78, 5) is 11.7. The monoisotopic (exact) mass is 856 g/mol. The number of rotatable bonds is 9. The van der Waals surface area contributed by atoms with Gasteiger partial charge in [0.25, 0.3) is 0 Å². The third-order valence-electron chi connectivity index (χ3n) is 16.3. The third kappa shape index (κ3) is 7.43. The van der Waals surface area contributed by atoms with E-state index in [0.717, 1.165) is 50.5 Å². The van der Waals surface area contributed by atoms with E-state index in [9.17, 15) is 55.9 Å². The Morgan fingerprint density at radius 2 is 1.30 bits per heavy atom. The Morgan fingerprint density at radius 1 is 0.667 bits per heavy atom. The lowest BCUT2D eigenvalue weighted by molar-refractivity contribution is -0.379. The van der Waals surface area contributed by atoms with E-state index < -0.39 is 111 Å². The minimum Gasteiger partial charge on any atom is -0.431 e. The summed E-state index contributed by atoms with van der Waals surface area (Å²) >= 11 is 0. The second kappa shape index (κ2) is 17.0. The van der Waals surface area contributed by atoms with Crippen LogP contribution in [0, 0.1) is 28.6 Å². The van der Waals surface area contributed by atoms with Gasteiger partial charge in [-0.05, 0) is 105 Å². The molecule has 0 spiro atoms. The van der Waals surface area contributed by atoms with Crippen molar-refractivity contribution in [2.75, 3.05) is 13.2 Å². The van der Waals surface area contributed by atoms with E-state index in [4.69, 9.17) is 32.8 Å². The lowest BCUT2D eigenvalue weighted by atomic mass is 9.43. The largest absolute Gasteiger partial charge is 0.431 e. The van der Waals surface area contributed by atoms with E-state index in [1.54, 1.807) is 13.2 Å². The fraction of sp³-hybridized carbons (Fsp3) is 0.881. The summed E-state index contributed by atoms with van der Waals surface area (Å²) in [7, 11) is 0. The lowest BCUT2D eigenvalue weighted by Gasteiger charge is -2.63. The van der Waals surface area contributed by atoms with Crippen LogP contribution in [-0.4, -0.2) is 168 Å². The van der Waals surface area contributed by atoms with E-state index >= 15 is 0 Å². The molecule has 23 atom stereocenters. The summed E-state index contributed by atoms with van der Waals surface area (Å²) in [6.45, 7) is 4.67. The van der Waals surface area contributed by atoms with Crippen LogP contribution in [0.1, 0.15) is 90.0 Å². The van der Waals surface area contributed by atoms with Gasteiger partial charge in [-0.25, -0.2) is 4.79 Å². The number of hydrogen-bond donors (Lipinski definition) is 10. The van der Waals surface area contributed by atoms with E-state index in [-0.39, 0.29) is 34.4 Å². The van der Waals surface area contributed by atoms with Gasteiger partial charge in [0.05, 0.1) is 37.3 Å². The van der Waals surface area contributed by atoms with Gasteiger partial charge in [0.2, 0.25) is 0 Å². The maximum Gasteiger partial charge on any atom is 0.335 e. The van der Waals surface area contributed by atoms with Crippen LogP contribution in [0.4, 0.5) is 0 Å². The maximum absolute atomic E-state index is 12.6. The number of fused-ring (bicyclic) bond motifs is 5. The van der Waals surface area contributed by atoms with E-state index in [0.29, 0.717) is 24.7 Å². The van der Waals surface area contributed by atoms with Gasteiger partial charge in [0.15, 0.2) is 18.9 Å². The van der Waals surface area contributed by atoms with Gasteiger partial charge in [-0.1, -0.05) is 13.8 Å². The normalized spacial score (nSPS) is 53.2. The second-order valence-corrected chi connectivity index (χ2v) is 19.2. The van der Waals surface area contributed by atoms with Gasteiger partial charge in [-0.15, -0.1) is 0 Å². The van der Waals surface area contributed by atoms with Gasteiger partial charge in [-0.2, -0.15) is 0 Å². The van der Waals surface area contributed by atoms with E-state index in [1.165, 1.54) is 6.07 Å². The smallest absolute Gasteiger partial charge is 0.335 e. The van der Waals surface area contributed by atoms with Crippen molar-refractivity contribution >= 4 is 0 Å². The predicted molar refractivity (Wildman–Crippen MR) is 203 cm³/mol. The van der Waals surface area contributed by atoms with Crippen molar-refractivity contribution in [1.82, 2.24) is 0 Å². The fourth-order valence-electron chi connectivity index (χ4n) is 12.7. The van der Waals surface area contributed by atoms with Gasteiger partial charge < -0.3 is 83.9 Å². The Bertz CT molecular complexity index is 1670. The molecule has 8 rings (SSSR count). The zero-order valence-electron chi connectivity index (χ0n) is 34.3. The van der Waals surface area contributed by atoms with Gasteiger partial charge >= 0.3 is 5.63 Å². The van der Waals surface area contributed by atoms with E-state index in [2.05, 4.69) is 13.8 Å². The average molecular weight is 857 g/mol. The molecule has 4 saturated carbocycles. The fourth-order valence-corrected chi connectivity index (χ4v) is 12.7. The number of aliphatic hydroxyl groups excluding tert-OH is 9. The summed E-state index contributed by atoms with van der Waals surface area (Å²) in [5, 5.41) is 108. The van der Waals surface area contributed by atoms with Crippen LogP contribution in [0.25, 0.3) is 0 Å². The van der Waals surface area contributed by atoms with Crippen molar-refractivity contribution in [3.8, 4) is 0 Å². The minimum atomic E-state index is -1.85. The topological polar surface area (TPSA) is 288 Å². The van der Waals surface area contributed by atoms with Crippen LogP contribution in [0.3, 0.4) is 0 Å². The molecule has 7 fully saturated rings. The highest BCUT2D eigenvalue weighted by atomic mass is 16.8. The summed E-state index contributed by atoms with van der Waals surface area (Å²) < 4.78 is 40.4. The van der Waals surface area contributed by atoms with Gasteiger partial charge in [0.1, 0.15) is 67.1 Å². The molecule has 60 heavy (non-hydrogen) atoms. The molecule has 10 N–H and O–H groups in total. The van der Waals surface area contributed by atoms with Gasteiger partial charge in [0, 0.05) is 11.5 Å². The zero-order valence-corrected chi connectivity index (χ0v) is 34.3. The molecule has 3 aliphatic heterocycles. The lowest BCUT2D eigenvalue weighted by Crippen LogP contribution is -2.66. The van der Waals surface area contributed by atoms with Crippen molar-refractivity contribution in [3.63, 3.8) is 0 Å². The highest BCUT2D eigenvalue weighted by Crippen LogP contribution is 2.70. The van der Waals surface area contributed by atoms with Crippen LogP contribution in [0.15, 0.2) is 27.6 Å². The molecule has 18 heteroatoms. The standard InChI is InChI=1S/C42H64O18/c1-18-35(59-39-34(52)31(49)36(26(16-44)58-39)60-38-32(50)29(47)28(46)25(15-43)57-38)30(48)33(51)37(55-18)56-21-8-11-40(2)20(14-21)5-6-24-23(40)9-12-41(3)22(10-13-42(24,41)53)19-4-7-27(45)54-17-19/h4,7,17-18,20-26,28-39,43-44,46-53H,5-6,8-16H2,1-3H3/t18-,20?,21?,22+,23?,24?,25+,26+,28+,29-,30-,31+,32+,33+,34+,35-,36+,37-,38-,39-,40-,41+,42-/m0/s1. The Balaban J connectivity index is 0.867. The highest BCUT2D eigenvalue weighted by Gasteiger charge is 2.67. The van der Waals surface area contributed by atoms with Crippen molar-refractivity contribution < 1.29 is 83.9 Å². The average Bonchev–Trinajstić information content (AvgIpc) is 3.51. The third-order valence-corrected chi connectivity index (χ3v) is 16.3. The summed E-state index contributed by atoms with van der Waals surface area (Å²) in [6.07, 6.45) is -14.2. The van der Waals surface area contributed by atoms with Crippen molar-refractivity contribution in [1.29, 1.82) is 0 Å². The number of aliphatic hydroxyl groups is 10. The minimum absolute atomic E-state index is 0.0219. The molecule has 0 bridgehead atoms. The molecule has 3 saturated heterocycles. The molecule has 7 aliphatic rings. The Kier molecular flexibility index (Phi) is 12.7. The van der Waals surface area contributed by atoms with Crippen LogP contribution in [0.2, 0.25) is 0 Å². The number of hydrogen-bond acceptors (Lipinski definition) is 18. The van der Waals surface area contributed by atoms with Gasteiger partial charge in [-0.3, -0.25) is 0 Å². The molecule has 18 nitrogen and oxygen atoms in total. The van der Waals surface area contributed by atoms with Crippen LogP contribution >= 0.6 is 0 Å². The molecule has 0 radical (unpaired) electrons. The second-order valence-electron chi connectivity index (χ2n) is 19.2. The van der Waals surface area contributed by atoms with Crippen molar-refractivity contribution in [2.45, 2.75) is 188 Å². The molecule has 4 aliphatic carbocycles. The molecule has 4 unspecified atom stereocenters. The molecular formula is C42H64O18. The van der Waals surface area contributed by atoms with Crippen LogP contribution in [0.5, 0.6) is 0 Å². The van der Waals surface area contributed by atoms with Crippen LogP contribution < -0.4 is 5.63 Å². The Labute approximate surface area is 347 Å². The molecule has 4 heterocycles. The molecule has 0 aromatic carbocycles. The first kappa shape index (κ1) is 44.9. The highest BCUT2D eigenvalue weighted by molar-refractivity contribution is 5.27. The molecule has 1 aromatic heterocycles. The Morgan fingerprint density at radius 3 is 1.97 bits per heavy atom. The Hall–Kier alpha value is -1.69. The zero-order chi connectivity index (χ0) is 43.1. The van der Waals surface area contributed by atoms with Crippen molar-refractivity contribution in [3.05, 3.63) is 34.4 Å². The SMILES string of the molecule is C[C@@H]1O[C@@H](OC2CC[C@@]3(C)C(CCC4C3CC[C@]3(C)[C@@H](c5ccc(=O)oc5)CC[C@]43O)C2)[C@H](O)[C@H](O)[C@H]1O[C@@H]1O[C@H](CO)[C@@H](O[C@@H]2O[C@H](CO)[C@@H](O)[C@H](O)[C@H]2O)[C@H](O)[C@H]1O. The van der Waals surface area contributed by atoms with Crippen LogP contribution in [-0.2, 0) is 28.4 Å². The molecular weight excluding hydrogens is 792 g/mol. The van der Waals surface area contributed by atoms with E-state index in [1.807, 2.05) is 6.07 Å². The summed E-state index contributed by atoms with van der Waals surface area (Å²) in [5.74, 6) is 0.898. The predicted octanol–water partition coefficient (Wildman–Crippen LogP) is -1.26. The first-order chi connectivity index (χ1) is 28.4. The quantitative estimate of drug-likeness (QED) is 0.130. The molecule has 1 aromatic rings. The molecule has 0 amide bonds. The first-order valence-electron chi connectivity index (χ1n) is 21.7. The summed E-state index contributed by atoms with van der Waals surface area (Å²) in [5.41, 5.74) is -0.596. The van der Waals surface area contributed by atoms with Crippen molar-refractivity contribution in [2.24, 2.45) is 28.6 Å². The summed E-state index contributed by atoms with van der Waals surface area (Å²) in [6, 6.07) is 3.31. The maximum atomic E-state index is 12.6.